The van der Waals surface area contributed by atoms with Gasteiger partial charge in [-0.05, 0) is 15.4 Å². The van der Waals surface area contributed by atoms with E-state index >= 15 is 0 Å². The number of rotatable bonds is 7. The van der Waals surface area contributed by atoms with Gasteiger partial charge in [-0.25, -0.2) is 0 Å². The Morgan fingerprint density at radius 3 is 1.79 bits per heavy atom. The normalized spacial score (nSPS) is 28.6. The number of methoxy groups -OCH3 is 1. The first-order chi connectivity index (χ1) is 15.8. The first kappa shape index (κ1) is 26.9. The molecule has 1 aliphatic rings. The zero-order valence-corrected chi connectivity index (χ0v) is 21.3. The molecule has 0 saturated carbocycles. The van der Waals surface area contributed by atoms with Crippen LogP contribution in [0.4, 0.5) is 0 Å². The van der Waals surface area contributed by atoms with Gasteiger partial charge in [-0.1, -0.05) is 81.4 Å². The van der Waals surface area contributed by atoms with Gasteiger partial charge in [0.05, 0.1) is 6.61 Å². The third kappa shape index (κ3) is 4.48. The number of aliphatic hydroxyl groups is 3. The minimum atomic E-state index is -5.17. The monoisotopic (exact) mass is 512 g/mol. The third-order valence-electron chi connectivity index (χ3n) is 6.26. The van der Waals surface area contributed by atoms with Gasteiger partial charge in [-0.3, -0.25) is 4.55 Å². The van der Waals surface area contributed by atoms with Crippen molar-refractivity contribution in [2.24, 2.45) is 0 Å². The lowest BCUT2D eigenvalue weighted by molar-refractivity contribution is -0.318. The average Bonchev–Trinajstić information content (AvgIpc) is 2.79. The quantitative estimate of drug-likeness (QED) is 0.303. The second-order valence-corrected chi connectivity index (χ2v) is 15.2. The largest absolute Gasteiger partial charge is 0.405 e. The van der Waals surface area contributed by atoms with Crippen molar-refractivity contribution < 1.29 is 42.2 Å². The summed E-state index contributed by atoms with van der Waals surface area (Å²) in [5.74, 6) is 0. The molecule has 0 bridgehead atoms. The number of ether oxygens (including phenoxy) is 2. The van der Waals surface area contributed by atoms with Crippen molar-refractivity contribution in [1.29, 1.82) is 0 Å². The van der Waals surface area contributed by atoms with Gasteiger partial charge in [0.15, 0.2) is 6.10 Å². The van der Waals surface area contributed by atoms with Crippen molar-refractivity contribution in [3.63, 3.8) is 0 Å². The zero-order chi connectivity index (χ0) is 25.4. The molecule has 0 amide bonds. The summed E-state index contributed by atoms with van der Waals surface area (Å²) in [6, 6.07) is 19.2. The Morgan fingerprint density at radius 2 is 1.41 bits per heavy atom. The fourth-order valence-electron chi connectivity index (χ4n) is 4.56. The molecule has 1 fully saturated rings. The summed E-state index contributed by atoms with van der Waals surface area (Å²) >= 11 is 0. The highest BCUT2D eigenvalue weighted by Gasteiger charge is 2.62. The summed E-state index contributed by atoms with van der Waals surface area (Å²) in [6.45, 7) is 5.76. The van der Waals surface area contributed by atoms with Crippen LogP contribution in [0.2, 0.25) is 5.04 Å². The van der Waals surface area contributed by atoms with E-state index in [0.29, 0.717) is 0 Å². The van der Waals surface area contributed by atoms with Crippen LogP contribution >= 0.6 is 0 Å². The summed E-state index contributed by atoms with van der Waals surface area (Å²) in [5, 5.41) is 29.8. The van der Waals surface area contributed by atoms with Crippen LogP contribution in [-0.2, 0) is 24.0 Å². The lowest BCUT2D eigenvalue weighted by Crippen LogP contribution is -2.71. The second kappa shape index (κ2) is 9.76. The minimum Gasteiger partial charge on any atom is -0.405 e. The van der Waals surface area contributed by atoms with Crippen molar-refractivity contribution in [1.82, 2.24) is 0 Å². The van der Waals surface area contributed by atoms with Crippen LogP contribution in [0.25, 0.3) is 0 Å². The molecule has 5 atom stereocenters. The molecule has 0 aliphatic carbocycles. The van der Waals surface area contributed by atoms with E-state index < -0.39 is 53.0 Å². The lowest BCUT2D eigenvalue weighted by atomic mass is 9.99. The molecule has 1 saturated heterocycles. The molecule has 0 spiro atoms. The Morgan fingerprint density at radius 1 is 0.941 bits per heavy atom. The Labute approximate surface area is 200 Å². The molecule has 0 aromatic heterocycles. The van der Waals surface area contributed by atoms with Crippen molar-refractivity contribution in [3.05, 3.63) is 60.7 Å². The average molecular weight is 513 g/mol. The molecule has 9 nitrogen and oxygen atoms in total. The van der Waals surface area contributed by atoms with E-state index in [1.165, 1.54) is 0 Å². The molecule has 0 unspecified atom stereocenters. The molecule has 1 heterocycles. The Hall–Kier alpha value is -1.67. The van der Waals surface area contributed by atoms with E-state index in [1.54, 1.807) is 0 Å². The number of benzene rings is 2. The topological polar surface area (TPSA) is 143 Å². The van der Waals surface area contributed by atoms with Crippen molar-refractivity contribution in [2.45, 2.75) is 55.3 Å². The zero-order valence-electron chi connectivity index (χ0n) is 19.5. The van der Waals surface area contributed by atoms with E-state index in [4.69, 9.17) is 13.9 Å². The highest BCUT2D eigenvalue weighted by atomic mass is 32.2. The molecule has 34 heavy (non-hydrogen) atoms. The van der Waals surface area contributed by atoms with Crippen LogP contribution in [0.15, 0.2) is 60.7 Å². The molecule has 3 rings (SSSR count). The molecule has 1 aliphatic heterocycles. The van der Waals surface area contributed by atoms with Gasteiger partial charge in [0.25, 0.3) is 8.32 Å². The Kier molecular flexibility index (Phi) is 7.73. The predicted molar refractivity (Wildman–Crippen MR) is 128 cm³/mol. The maximum atomic E-state index is 12.1. The molecular formula is C23H32O9SSi. The van der Waals surface area contributed by atoms with Gasteiger partial charge in [0.1, 0.15) is 18.3 Å². The second-order valence-electron chi connectivity index (χ2n) is 9.34. The van der Waals surface area contributed by atoms with Crippen LogP contribution < -0.4 is 10.4 Å². The summed E-state index contributed by atoms with van der Waals surface area (Å²) in [6.07, 6.45) is -7.39. The highest BCUT2D eigenvalue weighted by Crippen LogP contribution is 2.39. The summed E-state index contributed by atoms with van der Waals surface area (Å²) in [5.41, 5.74) is 0. The molecule has 11 heteroatoms. The fraction of sp³-hybridized carbons (Fsp3) is 0.478. The van der Waals surface area contributed by atoms with Crippen molar-refractivity contribution in [2.75, 3.05) is 13.7 Å². The summed E-state index contributed by atoms with van der Waals surface area (Å²) in [4.78, 5) is 0. The lowest BCUT2D eigenvalue weighted by Gasteiger charge is -2.47. The maximum Gasteiger partial charge on any atom is 0.329 e. The highest BCUT2D eigenvalue weighted by molar-refractivity contribution is 7.87. The standard InChI is InChI=1S/C23H32O9SSi/c1-22(2,3)34(16-11-7-5-8-12-16,17-13-9-6-10-14-17)31-15-18-19(24)20(25)21(26)23(30-4,32-18)33(27,28)29/h5-14,18-21,24-26H,15H2,1-4H3,(H,27,28,29)/t18-,19+,20+,21-,23+/m1/s1. The molecule has 2 aromatic carbocycles. The maximum absolute atomic E-state index is 12.1. The first-order valence-corrected chi connectivity index (χ1v) is 14.2. The molecule has 0 radical (unpaired) electrons. The number of hydrogen-bond donors (Lipinski definition) is 4. The molecule has 188 valence electrons. The van der Waals surface area contributed by atoms with Gasteiger partial charge in [0.2, 0.25) is 0 Å². The Balaban J connectivity index is 2.08. The van der Waals surface area contributed by atoms with Crippen LogP contribution in [-0.4, -0.2) is 79.9 Å². The van der Waals surface area contributed by atoms with Crippen LogP contribution in [0.3, 0.4) is 0 Å². The number of aliphatic hydroxyl groups excluding tert-OH is 3. The smallest absolute Gasteiger partial charge is 0.329 e. The van der Waals surface area contributed by atoms with Crippen molar-refractivity contribution >= 4 is 28.8 Å². The van der Waals surface area contributed by atoms with Crippen molar-refractivity contribution in [3.8, 4) is 0 Å². The van der Waals surface area contributed by atoms with Gasteiger partial charge >= 0.3 is 15.2 Å². The van der Waals surface area contributed by atoms with E-state index in [9.17, 15) is 28.3 Å². The van der Waals surface area contributed by atoms with E-state index in [-0.39, 0.29) is 6.61 Å². The minimum absolute atomic E-state index is 0.348. The first-order valence-electron chi connectivity index (χ1n) is 10.8. The van der Waals surface area contributed by atoms with Crippen LogP contribution in [0.1, 0.15) is 20.8 Å². The third-order valence-corrected chi connectivity index (χ3v) is 12.5. The van der Waals surface area contributed by atoms with E-state index in [2.05, 4.69) is 0 Å². The SMILES string of the molecule is CO[C@]1(S(=O)(=O)O)O[C@H](CO[Si](c2ccccc2)(c2ccccc2)C(C)(C)C)[C@H](O)[C@H](O)[C@H]1O. The molecule has 4 N–H and O–H groups in total. The van der Waals surface area contributed by atoms with Gasteiger partial charge in [-0.15, -0.1) is 0 Å². The summed E-state index contributed by atoms with van der Waals surface area (Å²) < 4.78 is 50.8. The molecule has 2 aromatic rings. The van der Waals surface area contributed by atoms with Crippen LogP contribution in [0.5, 0.6) is 0 Å². The van der Waals surface area contributed by atoms with E-state index in [0.717, 1.165) is 17.5 Å². The van der Waals surface area contributed by atoms with Crippen LogP contribution in [0, 0.1) is 0 Å². The van der Waals surface area contributed by atoms with Gasteiger partial charge in [0, 0.05) is 7.11 Å². The van der Waals surface area contributed by atoms with Gasteiger partial charge in [-0.2, -0.15) is 8.42 Å². The fourth-order valence-corrected chi connectivity index (χ4v) is 10.0. The molecular weight excluding hydrogens is 480 g/mol. The Bertz CT molecular complexity index is 1020. The van der Waals surface area contributed by atoms with E-state index in [1.807, 2.05) is 81.4 Å². The predicted octanol–water partition coefficient (Wildman–Crippen LogP) is 0.233. The van der Waals surface area contributed by atoms with Gasteiger partial charge < -0.3 is 29.2 Å². The summed E-state index contributed by atoms with van der Waals surface area (Å²) in [7, 11) is -7.36. The number of hydrogen-bond acceptors (Lipinski definition) is 8.